The predicted octanol–water partition coefficient (Wildman–Crippen LogP) is 4.68. The second-order valence-corrected chi connectivity index (χ2v) is 11.5. The minimum absolute atomic E-state index is 0.113. The predicted molar refractivity (Wildman–Crippen MR) is 176 cm³/mol. The molecule has 1 heterocycles. The number of hydrogen-bond donors (Lipinski definition) is 2. The number of amides is 3. The number of ether oxygens (including phenoxy) is 2. The van der Waals surface area contributed by atoms with Crippen LogP contribution in [0.2, 0.25) is 0 Å². The van der Waals surface area contributed by atoms with E-state index < -0.39 is 24.0 Å². The topological polar surface area (TPSA) is 117 Å². The van der Waals surface area contributed by atoms with Crippen molar-refractivity contribution in [2.45, 2.75) is 25.6 Å². The maximum Gasteiger partial charge on any atom is 0.337 e. The Morgan fingerprint density at radius 1 is 0.956 bits per heavy atom. The molecule has 0 radical (unpaired) electrons. The minimum Gasteiger partial charge on any atom is -0.496 e. The Balaban J connectivity index is 1.63. The number of carbonyl (C=O) groups is 4. The van der Waals surface area contributed by atoms with Crippen molar-refractivity contribution < 1.29 is 28.7 Å². The molecule has 2 unspecified atom stereocenters. The first-order valence-electron chi connectivity index (χ1n) is 14.3. The van der Waals surface area contributed by atoms with Gasteiger partial charge in [-0.05, 0) is 79.3 Å². The Labute approximate surface area is 269 Å². The molecule has 2 atom stereocenters. The van der Waals surface area contributed by atoms with Crippen LogP contribution in [0.1, 0.15) is 33.2 Å². The molecule has 10 nitrogen and oxygen atoms in total. The lowest BCUT2D eigenvalue weighted by Gasteiger charge is -2.27. The third kappa shape index (κ3) is 6.40. The standard InChI is InChI=1S/C34H33BrN4O6/c1-20(36-2)31(40)37-27-19-39(32(41)21-9-11-22(12-10-21)34(43)45-4)29-8-6-5-7-28(29)38(33(27)42)18-26-25-15-14-24(35)17-23(25)13-16-30(26)44-3/h5-17,20,27,36H,18-19H2,1-4H3,(H,37,40). The maximum atomic E-state index is 14.5. The summed E-state index contributed by atoms with van der Waals surface area (Å²) in [4.78, 5) is 56.7. The van der Waals surface area contributed by atoms with Gasteiger partial charge in [0.25, 0.3) is 11.8 Å². The summed E-state index contributed by atoms with van der Waals surface area (Å²) < 4.78 is 11.4. The van der Waals surface area contributed by atoms with Crippen LogP contribution in [0, 0.1) is 0 Å². The molecule has 232 valence electrons. The largest absolute Gasteiger partial charge is 0.496 e. The molecule has 45 heavy (non-hydrogen) atoms. The summed E-state index contributed by atoms with van der Waals surface area (Å²) in [6.07, 6.45) is 0. The summed E-state index contributed by atoms with van der Waals surface area (Å²) in [6, 6.07) is 21.3. The SMILES string of the molecule is CNC(C)C(=O)NC1CN(C(=O)c2ccc(C(=O)OC)cc2)c2ccccc2N(Cc2c(OC)ccc3cc(Br)ccc23)C1=O. The summed E-state index contributed by atoms with van der Waals surface area (Å²) in [5, 5.41) is 7.61. The fourth-order valence-corrected chi connectivity index (χ4v) is 5.74. The van der Waals surface area contributed by atoms with Crippen molar-refractivity contribution >= 4 is 61.8 Å². The number of rotatable bonds is 8. The highest BCUT2D eigenvalue weighted by molar-refractivity contribution is 9.10. The van der Waals surface area contributed by atoms with Crippen LogP contribution in [0.5, 0.6) is 5.75 Å². The van der Waals surface area contributed by atoms with Crippen molar-refractivity contribution in [3.05, 3.63) is 100 Å². The third-order valence-corrected chi connectivity index (χ3v) is 8.41. The molecule has 0 saturated heterocycles. The van der Waals surface area contributed by atoms with Crippen LogP contribution < -0.4 is 25.2 Å². The van der Waals surface area contributed by atoms with Gasteiger partial charge in [0.2, 0.25) is 5.91 Å². The fraction of sp³-hybridized carbons (Fsp3) is 0.235. The number of esters is 1. The number of fused-ring (bicyclic) bond motifs is 2. The van der Waals surface area contributed by atoms with Gasteiger partial charge in [-0.15, -0.1) is 0 Å². The van der Waals surface area contributed by atoms with Crippen molar-refractivity contribution in [2.24, 2.45) is 0 Å². The van der Waals surface area contributed by atoms with Gasteiger partial charge < -0.3 is 29.9 Å². The monoisotopic (exact) mass is 672 g/mol. The first-order valence-corrected chi connectivity index (χ1v) is 15.1. The van der Waals surface area contributed by atoms with E-state index in [1.54, 1.807) is 50.2 Å². The van der Waals surface area contributed by atoms with Crippen molar-refractivity contribution in [1.29, 1.82) is 0 Å². The molecule has 0 aliphatic carbocycles. The molecule has 2 N–H and O–H groups in total. The van der Waals surface area contributed by atoms with Crippen LogP contribution in [0.15, 0.2) is 83.3 Å². The molecule has 0 spiro atoms. The normalized spacial score (nSPS) is 15.2. The molecule has 1 aliphatic heterocycles. The van der Waals surface area contributed by atoms with E-state index in [1.807, 2.05) is 30.3 Å². The zero-order valence-electron chi connectivity index (χ0n) is 25.3. The van der Waals surface area contributed by atoms with E-state index in [2.05, 4.69) is 26.6 Å². The molecule has 4 aromatic carbocycles. The van der Waals surface area contributed by atoms with E-state index in [1.165, 1.54) is 36.3 Å². The second kappa shape index (κ2) is 13.5. The van der Waals surface area contributed by atoms with Crippen LogP contribution in [-0.2, 0) is 20.9 Å². The molecular weight excluding hydrogens is 640 g/mol. The molecule has 1 aliphatic rings. The zero-order valence-corrected chi connectivity index (χ0v) is 26.9. The van der Waals surface area contributed by atoms with Gasteiger partial charge >= 0.3 is 5.97 Å². The van der Waals surface area contributed by atoms with Crippen LogP contribution in [0.4, 0.5) is 11.4 Å². The minimum atomic E-state index is -1.07. The number of likely N-dealkylation sites (N-methyl/N-ethyl adjacent to an activating group) is 1. The highest BCUT2D eigenvalue weighted by Crippen LogP contribution is 2.38. The summed E-state index contributed by atoms with van der Waals surface area (Å²) in [5.41, 5.74) is 2.37. The number of carbonyl (C=O) groups excluding carboxylic acids is 4. The lowest BCUT2D eigenvalue weighted by Crippen LogP contribution is -2.55. The van der Waals surface area contributed by atoms with E-state index in [0.717, 1.165) is 20.8 Å². The van der Waals surface area contributed by atoms with Gasteiger partial charge in [0.15, 0.2) is 0 Å². The average molecular weight is 674 g/mol. The molecular formula is C34H33BrN4O6. The van der Waals surface area contributed by atoms with Crippen LogP contribution >= 0.6 is 15.9 Å². The van der Waals surface area contributed by atoms with Crippen molar-refractivity contribution in [2.75, 3.05) is 37.6 Å². The van der Waals surface area contributed by atoms with Gasteiger partial charge in [0.05, 0.1) is 50.3 Å². The summed E-state index contributed by atoms with van der Waals surface area (Å²) in [5.74, 6) is -1.09. The average Bonchev–Trinajstić information content (AvgIpc) is 3.17. The number of nitrogens with one attached hydrogen (secondary N) is 2. The molecule has 3 amide bonds. The van der Waals surface area contributed by atoms with E-state index >= 15 is 0 Å². The van der Waals surface area contributed by atoms with Gasteiger partial charge in [-0.1, -0.05) is 40.2 Å². The summed E-state index contributed by atoms with van der Waals surface area (Å²) in [6.45, 7) is 1.68. The molecule has 0 aromatic heterocycles. The summed E-state index contributed by atoms with van der Waals surface area (Å²) in [7, 11) is 4.52. The fourth-order valence-electron chi connectivity index (χ4n) is 5.36. The van der Waals surface area contributed by atoms with E-state index in [9.17, 15) is 19.2 Å². The first-order chi connectivity index (χ1) is 21.7. The Kier molecular flexibility index (Phi) is 9.50. The molecule has 0 bridgehead atoms. The van der Waals surface area contributed by atoms with Crippen molar-refractivity contribution in [1.82, 2.24) is 10.6 Å². The van der Waals surface area contributed by atoms with Crippen molar-refractivity contribution in [3.63, 3.8) is 0 Å². The number of anilines is 2. The number of para-hydroxylation sites is 2. The van der Waals surface area contributed by atoms with E-state index in [4.69, 9.17) is 9.47 Å². The van der Waals surface area contributed by atoms with Gasteiger partial charge in [0.1, 0.15) is 11.8 Å². The quantitative estimate of drug-likeness (QED) is 0.261. The zero-order chi connectivity index (χ0) is 32.2. The first kappa shape index (κ1) is 31.7. The van der Waals surface area contributed by atoms with E-state index in [0.29, 0.717) is 28.3 Å². The van der Waals surface area contributed by atoms with Crippen LogP contribution in [-0.4, -0.2) is 63.6 Å². The molecule has 0 fully saturated rings. The molecule has 4 aromatic rings. The highest BCUT2D eigenvalue weighted by atomic mass is 79.9. The Hall–Kier alpha value is -4.74. The third-order valence-electron chi connectivity index (χ3n) is 7.92. The number of benzene rings is 4. The number of halogens is 1. The smallest absolute Gasteiger partial charge is 0.337 e. The van der Waals surface area contributed by atoms with Gasteiger partial charge in [-0.3, -0.25) is 14.4 Å². The van der Waals surface area contributed by atoms with E-state index in [-0.39, 0.29) is 24.9 Å². The number of methoxy groups -OCH3 is 2. The summed E-state index contributed by atoms with van der Waals surface area (Å²) >= 11 is 3.53. The second-order valence-electron chi connectivity index (χ2n) is 10.6. The Morgan fingerprint density at radius 3 is 2.31 bits per heavy atom. The van der Waals surface area contributed by atoms with Crippen LogP contribution in [0.3, 0.4) is 0 Å². The molecule has 0 saturated carbocycles. The van der Waals surface area contributed by atoms with Gasteiger partial charge in [-0.25, -0.2) is 4.79 Å². The number of hydrogen-bond acceptors (Lipinski definition) is 7. The lowest BCUT2D eigenvalue weighted by atomic mass is 10.0. The lowest BCUT2D eigenvalue weighted by molar-refractivity contribution is -0.128. The van der Waals surface area contributed by atoms with Crippen molar-refractivity contribution in [3.8, 4) is 5.75 Å². The number of nitrogens with zero attached hydrogens (tertiary/aromatic N) is 2. The Morgan fingerprint density at radius 2 is 1.64 bits per heavy atom. The molecule has 11 heteroatoms. The molecule has 5 rings (SSSR count). The van der Waals surface area contributed by atoms with Crippen LogP contribution in [0.25, 0.3) is 10.8 Å². The maximum absolute atomic E-state index is 14.5. The Bertz CT molecular complexity index is 1780. The highest BCUT2D eigenvalue weighted by Gasteiger charge is 2.38. The van der Waals surface area contributed by atoms with Gasteiger partial charge in [0, 0.05) is 15.6 Å². The van der Waals surface area contributed by atoms with Gasteiger partial charge in [-0.2, -0.15) is 0 Å².